The van der Waals surface area contributed by atoms with E-state index in [0.29, 0.717) is 5.57 Å². The molecule has 1 amide bonds. The van der Waals surface area contributed by atoms with Crippen LogP contribution >= 0.6 is 0 Å². The van der Waals surface area contributed by atoms with Crippen LogP contribution < -0.4 is 5.32 Å². The van der Waals surface area contributed by atoms with E-state index in [4.69, 9.17) is 0 Å². The Morgan fingerprint density at radius 1 is 1.25 bits per heavy atom. The van der Waals surface area contributed by atoms with E-state index in [1.807, 2.05) is 0 Å². The third kappa shape index (κ3) is 3.36. The van der Waals surface area contributed by atoms with E-state index in [0.717, 1.165) is 25.7 Å². The molecule has 90 valence electrons. The number of ether oxygens (including phenoxy) is 1. The fourth-order valence-corrected chi connectivity index (χ4v) is 2.07. The average Bonchev–Trinajstić information content (AvgIpc) is 2.28. The molecule has 1 aliphatic rings. The van der Waals surface area contributed by atoms with Crippen LogP contribution in [-0.4, -0.2) is 25.0 Å². The van der Waals surface area contributed by atoms with Crippen molar-refractivity contribution in [2.24, 2.45) is 5.92 Å². The van der Waals surface area contributed by atoms with Crippen molar-refractivity contribution < 1.29 is 14.3 Å². The zero-order valence-electron chi connectivity index (χ0n) is 9.91. The Balaban J connectivity index is 2.36. The number of methoxy groups -OCH3 is 1. The van der Waals surface area contributed by atoms with Crippen molar-refractivity contribution in [1.82, 2.24) is 5.32 Å². The number of Topliss-reactive ketones (excluding diaryl/α,β-unsaturated/α-hetero) is 1. The highest BCUT2D eigenvalue weighted by Crippen LogP contribution is 2.26. The SMILES string of the molecule is C=C(C)C(=O)C1CCC(NC(=O)OC)CC1. The molecule has 0 aliphatic heterocycles. The third-order valence-electron chi connectivity index (χ3n) is 3.03. The summed E-state index contributed by atoms with van der Waals surface area (Å²) in [6, 6.07) is 0.140. The van der Waals surface area contributed by atoms with E-state index in [1.165, 1.54) is 7.11 Å². The van der Waals surface area contributed by atoms with Gasteiger partial charge in [0, 0.05) is 12.0 Å². The summed E-state index contributed by atoms with van der Waals surface area (Å²) in [5.74, 6) is 0.254. The summed E-state index contributed by atoms with van der Waals surface area (Å²) in [6.07, 6.45) is 2.91. The van der Waals surface area contributed by atoms with Crippen LogP contribution in [0.1, 0.15) is 32.6 Å². The molecule has 0 aromatic rings. The Morgan fingerprint density at radius 3 is 2.25 bits per heavy atom. The maximum absolute atomic E-state index is 11.7. The number of rotatable bonds is 3. The maximum Gasteiger partial charge on any atom is 0.407 e. The zero-order valence-corrected chi connectivity index (χ0v) is 9.91. The normalized spacial score (nSPS) is 24.6. The van der Waals surface area contributed by atoms with E-state index in [1.54, 1.807) is 6.92 Å². The Labute approximate surface area is 96.0 Å². The summed E-state index contributed by atoms with van der Waals surface area (Å²) in [5.41, 5.74) is 0.629. The average molecular weight is 225 g/mol. The lowest BCUT2D eigenvalue weighted by molar-refractivity contribution is -0.120. The van der Waals surface area contributed by atoms with Crippen molar-refractivity contribution in [3.8, 4) is 0 Å². The Morgan fingerprint density at radius 2 is 1.81 bits per heavy atom. The minimum atomic E-state index is -0.394. The number of amides is 1. The molecule has 0 atom stereocenters. The van der Waals surface area contributed by atoms with Crippen molar-refractivity contribution in [1.29, 1.82) is 0 Å². The summed E-state index contributed by atoms with van der Waals surface area (Å²) in [7, 11) is 1.35. The van der Waals surface area contributed by atoms with Gasteiger partial charge in [-0.3, -0.25) is 4.79 Å². The predicted molar refractivity (Wildman–Crippen MR) is 61.1 cm³/mol. The first-order valence-corrected chi connectivity index (χ1v) is 5.58. The molecular weight excluding hydrogens is 206 g/mol. The van der Waals surface area contributed by atoms with Gasteiger partial charge in [-0.2, -0.15) is 0 Å². The molecule has 4 heteroatoms. The second-order valence-electron chi connectivity index (χ2n) is 4.33. The molecule has 0 heterocycles. The molecule has 0 unspecified atom stereocenters. The first-order valence-electron chi connectivity index (χ1n) is 5.58. The van der Waals surface area contributed by atoms with Gasteiger partial charge in [-0.25, -0.2) is 4.79 Å². The summed E-state index contributed by atoms with van der Waals surface area (Å²) < 4.78 is 4.53. The lowest BCUT2D eigenvalue weighted by Crippen LogP contribution is -2.38. The number of nitrogens with one attached hydrogen (secondary N) is 1. The van der Waals surface area contributed by atoms with Crippen LogP contribution in [0.4, 0.5) is 4.79 Å². The molecule has 1 fully saturated rings. The molecule has 0 bridgehead atoms. The molecule has 4 nitrogen and oxygen atoms in total. The van der Waals surface area contributed by atoms with Crippen molar-refractivity contribution >= 4 is 11.9 Å². The Bertz CT molecular complexity index is 291. The van der Waals surface area contributed by atoms with Crippen molar-refractivity contribution in [2.45, 2.75) is 38.6 Å². The topological polar surface area (TPSA) is 55.4 Å². The Hall–Kier alpha value is -1.32. The van der Waals surface area contributed by atoms with E-state index in [9.17, 15) is 9.59 Å². The smallest absolute Gasteiger partial charge is 0.407 e. The molecule has 0 aromatic heterocycles. The van der Waals surface area contributed by atoms with Crippen LogP contribution in [0.2, 0.25) is 0 Å². The van der Waals surface area contributed by atoms with Gasteiger partial charge >= 0.3 is 6.09 Å². The van der Waals surface area contributed by atoms with Gasteiger partial charge in [0.25, 0.3) is 0 Å². The van der Waals surface area contributed by atoms with E-state index in [-0.39, 0.29) is 17.7 Å². The Kier molecular flexibility index (Phi) is 4.52. The third-order valence-corrected chi connectivity index (χ3v) is 3.03. The lowest BCUT2D eigenvalue weighted by Gasteiger charge is -2.27. The molecule has 1 saturated carbocycles. The van der Waals surface area contributed by atoms with Gasteiger partial charge in [-0.1, -0.05) is 6.58 Å². The van der Waals surface area contributed by atoms with Crippen molar-refractivity contribution in [2.75, 3.05) is 7.11 Å². The summed E-state index contributed by atoms with van der Waals surface area (Å²) in [4.78, 5) is 22.7. The standard InChI is InChI=1S/C12H19NO3/c1-8(2)11(14)9-4-6-10(7-5-9)13-12(15)16-3/h9-10H,1,4-7H2,2-3H3,(H,13,15). The fraction of sp³-hybridized carbons (Fsp3) is 0.667. The maximum atomic E-state index is 11.7. The van der Waals surface area contributed by atoms with E-state index in [2.05, 4.69) is 16.6 Å². The molecular formula is C12H19NO3. The predicted octanol–water partition coefficient (Wildman–Crippen LogP) is 2.05. The minimum Gasteiger partial charge on any atom is -0.453 e. The largest absolute Gasteiger partial charge is 0.453 e. The van der Waals surface area contributed by atoms with E-state index < -0.39 is 6.09 Å². The molecule has 1 N–H and O–H groups in total. The molecule has 1 rings (SSSR count). The van der Waals surface area contributed by atoms with Crippen LogP contribution in [0, 0.1) is 5.92 Å². The molecule has 0 radical (unpaired) electrons. The van der Waals surface area contributed by atoms with Crippen LogP contribution in [0.3, 0.4) is 0 Å². The fourth-order valence-electron chi connectivity index (χ4n) is 2.07. The highest BCUT2D eigenvalue weighted by molar-refractivity contribution is 5.96. The summed E-state index contributed by atoms with van der Waals surface area (Å²) in [5, 5.41) is 2.76. The highest BCUT2D eigenvalue weighted by Gasteiger charge is 2.27. The van der Waals surface area contributed by atoms with Crippen molar-refractivity contribution in [3.63, 3.8) is 0 Å². The second kappa shape index (κ2) is 5.68. The monoisotopic (exact) mass is 225 g/mol. The number of hydrogen-bond acceptors (Lipinski definition) is 3. The van der Waals surface area contributed by atoms with Crippen LogP contribution in [0.25, 0.3) is 0 Å². The number of ketones is 1. The van der Waals surface area contributed by atoms with Crippen LogP contribution in [-0.2, 0) is 9.53 Å². The molecule has 0 spiro atoms. The molecule has 0 saturated heterocycles. The number of carbonyl (C=O) groups is 2. The van der Waals surface area contributed by atoms with Crippen LogP contribution in [0.15, 0.2) is 12.2 Å². The molecule has 0 aromatic carbocycles. The van der Waals surface area contributed by atoms with E-state index >= 15 is 0 Å². The van der Waals surface area contributed by atoms with Gasteiger partial charge in [-0.15, -0.1) is 0 Å². The first-order chi connectivity index (χ1) is 7.54. The number of alkyl carbamates (subject to hydrolysis) is 1. The summed E-state index contributed by atoms with van der Waals surface area (Å²) in [6.45, 7) is 5.42. The van der Waals surface area contributed by atoms with Crippen LogP contribution in [0.5, 0.6) is 0 Å². The van der Waals surface area contributed by atoms with Gasteiger partial charge in [0.1, 0.15) is 0 Å². The quantitative estimate of drug-likeness (QED) is 0.748. The van der Waals surface area contributed by atoms with Gasteiger partial charge in [0.15, 0.2) is 5.78 Å². The minimum absolute atomic E-state index is 0.0909. The van der Waals surface area contributed by atoms with Gasteiger partial charge in [-0.05, 0) is 38.2 Å². The second-order valence-corrected chi connectivity index (χ2v) is 4.33. The molecule has 1 aliphatic carbocycles. The van der Waals surface area contributed by atoms with Crippen molar-refractivity contribution in [3.05, 3.63) is 12.2 Å². The summed E-state index contributed by atoms with van der Waals surface area (Å²) >= 11 is 0. The first kappa shape index (κ1) is 12.7. The van der Waals surface area contributed by atoms with Gasteiger partial charge in [0.2, 0.25) is 0 Å². The number of carbonyl (C=O) groups excluding carboxylic acids is 2. The lowest BCUT2D eigenvalue weighted by atomic mass is 9.82. The van der Waals surface area contributed by atoms with Gasteiger partial charge in [0.05, 0.1) is 7.11 Å². The molecule has 16 heavy (non-hydrogen) atoms. The number of hydrogen-bond donors (Lipinski definition) is 1. The zero-order chi connectivity index (χ0) is 12.1. The number of allylic oxidation sites excluding steroid dienone is 1. The highest BCUT2D eigenvalue weighted by atomic mass is 16.5. The van der Waals surface area contributed by atoms with Gasteiger partial charge < -0.3 is 10.1 Å².